The zero-order chi connectivity index (χ0) is 13.0. The Bertz CT molecular complexity index is 381. The number of nitrogens with one attached hydrogen (secondary N) is 1. The monoisotopic (exact) mass is 235 g/mol. The van der Waals surface area contributed by atoms with E-state index in [1.807, 2.05) is 13.8 Å². The second kappa shape index (κ2) is 5.71. The summed E-state index contributed by atoms with van der Waals surface area (Å²) in [4.78, 5) is 11.4. The summed E-state index contributed by atoms with van der Waals surface area (Å²) < 4.78 is 4.74. The van der Waals surface area contributed by atoms with Crippen molar-refractivity contribution in [3.63, 3.8) is 0 Å². The molecule has 0 bridgehead atoms. The molecule has 1 N–H and O–H groups in total. The minimum Gasteiger partial charge on any atom is -0.469 e. The highest BCUT2D eigenvalue weighted by Gasteiger charge is 2.20. The molecule has 0 heterocycles. The molecule has 0 aromatic heterocycles. The van der Waals surface area contributed by atoms with E-state index in [2.05, 4.69) is 37.4 Å². The van der Waals surface area contributed by atoms with Crippen LogP contribution in [0.4, 0.5) is 5.69 Å². The highest BCUT2D eigenvalue weighted by atomic mass is 16.5. The minimum absolute atomic E-state index is 0.0450. The van der Waals surface area contributed by atoms with Crippen LogP contribution < -0.4 is 5.32 Å². The van der Waals surface area contributed by atoms with Crippen LogP contribution >= 0.6 is 0 Å². The summed E-state index contributed by atoms with van der Waals surface area (Å²) in [7, 11) is 1.42. The van der Waals surface area contributed by atoms with Gasteiger partial charge < -0.3 is 10.1 Å². The van der Waals surface area contributed by atoms with Crippen molar-refractivity contribution in [3.8, 4) is 0 Å². The molecule has 0 aliphatic heterocycles. The number of carbonyl (C=O) groups is 1. The average Bonchev–Trinajstić information content (AvgIpc) is 2.25. The van der Waals surface area contributed by atoms with Gasteiger partial charge in [-0.15, -0.1) is 0 Å². The summed E-state index contributed by atoms with van der Waals surface area (Å²) >= 11 is 0. The Morgan fingerprint density at radius 3 is 2.18 bits per heavy atom. The smallest absolute Gasteiger partial charge is 0.310 e. The zero-order valence-corrected chi connectivity index (χ0v) is 11.2. The largest absolute Gasteiger partial charge is 0.469 e. The van der Waals surface area contributed by atoms with Crippen LogP contribution in [0.15, 0.2) is 18.2 Å². The number of methoxy groups -OCH3 is 1. The normalized spacial score (nSPS) is 13.9. The van der Waals surface area contributed by atoms with Crippen molar-refractivity contribution in [1.29, 1.82) is 0 Å². The molecule has 0 saturated heterocycles. The molecule has 1 aromatic rings. The van der Waals surface area contributed by atoms with E-state index in [-0.39, 0.29) is 17.9 Å². The molecule has 0 radical (unpaired) electrons. The van der Waals surface area contributed by atoms with Crippen molar-refractivity contribution in [2.45, 2.75) is 33.7 Å². The van der Waals surface area contributed by atoms with Crippen LogP contribution in [-0.4, -0.2) is 19.1 Å². The Morgan fingerprint density at radius 2 is 1.71 bits per heavy atom. The van der Waals surface area contributed by atoms with E-state index < -0.39 is 0 Å². The molecule has 1 aromatic carbocycles. The Labute approximate surface area is 103 Å². The third-order valence-electron chi connectivity index (χ3n) is 2.94. The quantitative estimate of drug-likeness (QED) is 0.815. The summed E-state index contributed by atoms with van der Waals surface area (Å²) in [6.07, 6.45) is 0. The van der Waals surface area contributed by atoms with Gasteiger partial charge in [0.2, 0.25) is 0 Å². The van der Waals surface area contributed by atoms with Crippen molar-refractivity contribution < 1.29 is 9.53 Å². The molecule has 0 aliphatic carbocycles. The number of hydrogen-bond acceptors (Lipinski definition) is 3. The maximum absolute atomic E-state index is 11.4. The van der Waals surface area contributed by atoms with Gasteiger partial charge in [-0.25, -0.2) is 0 Å². The van der Waals surface area contributed by atoms with Crippen molar-refractivity contribution in [3.05, 3.63) is 29.3 Å². The molecular formula is C14H21NO2. The molecule has 94 valence electrons. The van der Waals surface area contributed by atoms with E-state index in [1.165, 1.54) is 18.2 Å². The van der Waals surface area contributed by atoms with E-state index in [9.17, 15) is 4.79 Å². The van der Waals surface area contributed by atoms with Gasteiger partial charge in [-0.2, -0.15) is 0 Å². The molecule has 3 nitrogen and oxygen atoms in total. The van der Waals surface area contributed by atoms with Crippen molar-refractivity contribution in [2.75, 3.05) is 12.4 Å². The molecule has 0 fully saturated rings. The lowest BCUT2D eigenvalue weighted by Gasteiger charge is -2.21. The fourth-order valence-corrected chi connectivity index (χ4v) is 1.84. The van der Waals surface area contributed by atoms with Gasteiger partial charge >= 0.3 is 5.97 Å². The minimum atomic E-state index is -0.186. The SMILES string of the molecule is COC(=O)C(C)C(C)Nc1cc(C)cc(C)c1. The lowest BCUT2D eigenvalue weighted by molar-refractivity contribution is -0.145. The van der Waals surface area contributed by atoms with Crippen LogP contribution in [0.5, 0.6) is 0 Å². The van der Waals surface area contributed by atoms with Gasteiger partial charge in [-0.3, -0.25) is 4.79 Å². The summed E-state index contributed by atoms with van der Waals surface area (Å²) in [5, 5.41) is 3.34. The number of anilines is 1. The van der Waals surface area contributed by atoms with Gasteiger partial charge in [-0.1, -0.05) is 6.07 Å². The van der Waals surface area contributed by atoms with Crippen LogP contribution in [-0.2, 0) is 9.53 Å². The number of hydrogen-bond donors (Lipinski definition) is 1. The van der Waals surface area contributed by atoms with Crippen LogP contribution in [0.3, 0.4) is 0 Å². The highest BCUT2D eigenvalue weighted by molar-refractivity contribution is 5.73. The van der Waals surface area contributed by atoms with Crippen molar-refractivity contribution >= 4 is 11.7 Å². The van der Waals surface area contributed by atoms with Gasteiger partial charge in [0.1, 0.15) is 0 Å². The fourth-order valence-electron chi connectivity index (χ4n) is 1.84. The predicted octanol–water partition coefficient (Wildman–Crippen LogP) is 2.91. The number of carbonyl (C=O) groups excluding carboxylic acids is 1. The Kier molecular flexibility index (Phi) is 4.55. The first kappa shape index (κ1) is 13.6. The van der Waals surface area contributed by atoms with Crippen molar-refractivity contribution in [2.24, 2.45) is 5.92 Å². The molecule has 3 heteroatoms. The van der Waals surface area contributed by atoms with E-state index >= 15 is 0 Å². The van der Waals surface area contributed by atoms with Gasteiger partial charge in [0, 0.05) is 11.7 Å². The Balaban J connectivity index is 2.73. The van der Waals surface area contributed by atoms with Crippen molar-refractivity contribution in [1.82, 2.24) is 0 Å². The maximum Gasteiger partial charge on any atom is 0.310 e. The van der Waals surface area contributed by atoms with Crippen LogP contribution in [0.2, 0.25) is 0 Å². The molecule has 2 atom stereocenters. The van der Waals surface area contributed by atoms with Gasteiger partial charge in [0.25, 0.3) is 0 Å². The first-order valence-electron chi connectivity index (χ1n) is 5.86. The standard InChI is InChI=1S/C14H21NO2/c1-9-6-10(2)8-13(7-9)15-12(4)11(3)14(16)17-5/h6-8,11-12,15H,1-5H3. The number of esters is 1. The predicted molar refractivity (Wildman–Crippen MR) is 70.2 cm³/mol. The lowest BCUT2D eigenvalue weighted by atomic mass is 10.0. The summed E-state index contributed by atoms with van der Waals surface area (Å²) in [6, 6.07) is 6.32. The molecule has 0 aliphatic rings. The number of aryl methyl sites for hydroxylation is 2. The summed E-state index contributed by atoms with van der Waals surface area (Å²) in [6.45, 7) is 7.98. The first-order chi connectivity index (χ1) is 7.93. The second-order valence-corrected chi connectivity index (χ2v) is 4.62. The Hall–Kier alpha value is -1.51. The maximum atomic E-state index is 11.4. The molecule has 0 saturated carbocycles. The molecule has 0 spiro atoms. The van der Waals surface area contributed by atoms with E-state index in [0.717, 1.165) is 5.69 Å². The van der Waals surface area contributed by atoms with E-state index in [4.69, 9.17) is 4.74 Å². The Morgan fingerprint density at radius 1 is 1.18 bits per heavy atom. The van der Waals surface area contributed by atoms with Crippen LogP contribution in [0.1, 0.15) is 25.0 Å². The summed E-state index contributed by atoms with van der Waals surface area (Å²) in [5.41, 5.74) is 3.47. The van der Waals surface area contributed by atoms with Crippen LogP contribution in [0, 0.1) is 19.8 Å². The molecular weight excluding hydrogens is 214 g/mol. The molecule has 2 unspecified atom stereocenters. The topological polar surface area (TPSA) is 38.3 Å². The molecule has 0 amide bonds. The highest BCUT2D eigenvalue weighted by Crippen LogP contribution is 2.17. The fraction of sp³-hybridized carbons (Fsp3) is 0.500. The van der Waals surface area contributed by atoms with Crippen LogP contribution in [0.25, 0.3) is 0 Å². The molecule has 1 rings (SSSR count). The molecule has 17 heavy (non-hydrogen) atoms. The number of rotatable bonds is 4. The van der Waals surface area contributed by atoms with E-state index in [1.54, 1.807) is 0 Å². The second-order valence-electron chi connectivity index (χ2n) is 4.62. The third-order valence-corrected chi connectivity index (χ3v) is 2.94. The zero-order valence-electron chi connectivity index (χ0n) is 11.2. The lowest BCUT2D eigenvalue weighted by Crippen LogP contribution is -2.30. The summed E-state index contributed by atoms with van der Waals surface area (Å²) in [5.74, 6) is -0.352. The van der Waals surface area contributed by atoms with Gasteiger partial charge in [-0.05, 0) is 51.0 Å². The first-order valence-corrected chi connectivity index (χ1v) is 5.86. The van der Waals surface area contributed by atoms with E-state index in [0.29, 0.717) is 0 Å². The number of benzene rings is 1. The number of ether oxygens (including phenoxy) is 1. The third kappa shape index (κ3) is 3.77. The average molecular weight is 235 g/mol. The van der Waals surface area contributed by atoms with Gasteiger partial charge in [0.05, 0.1) is 13.0 Å². The van der Waals surface area contributed by atoms with Gasteiger partial charge in [0.15, 0.2) is 0 Å².